The molecule has 0 saturated heterocycles. The molecule has 6 heteroatoms. The zero-order chi connectivity index (χ0) is 15.3. The van der Waals surface area contributed by atoms with Crippen LogP contribution in [0.3, 0.4) is 0 Å². The number of amides is 1. The number of halogens is 3. The normalized spacial score (nSPS) is 11.0. The molecule has 0 spiro atoms. The highest BCUT2D eigenvalue weighted by Crippen LogP contribution is 2.23. The van der Waals surface area contributed by atoms with Crippen molar-refractivity contribution in [3.05, 3.63) is 60.2 Å². The van der Waals surface area contributed by atoms with E-state index in [1.54, 1.807) is 30.3 Å². The molecule has 1 amide bonds. The molecule has 0 atom stereocenters. The summed E-state index contributed by atoms with van der Waals surface area (Å²) in [5.74, 6) is 0.349. The van der Waals surface area contributed by atoms with Crippen molar-refractivity contribution in [3.8, 4) is 5.75 Å². The van der Waals surface area contributed by atoms with Crippen molar-refractivity contribution in [1.29, 1.82) is 0 Å². The molecule has 0 unspecified atom stereocenters. The summed E-state index contributed by atoms with van der Waals surface area (Å²) < 4.78 is 41.9. The van der Waals surface area contributed by atoms with Gasteiger partial charge in [0, 0.05) is 5.69 Å². The second kappa shape index (κ2) is 6.30. The standard InChI is InChI=1S/C15H12F3NO2/c16-15(17,18)10-11-5-4-6-12(9-11)19-14(20)21-13-7-2-1-3-8-13/h1-9H,10H2,(H,19,20). The lowest BCUT2D eigenvalue weighted by Crippen LogP contribution is -2.17. The lowest BCUT2D eigenvalue weighted by atomic mass is 10.1. The zero-order valence-electron chi connectivity index (χ0n) is 10.9. The second-order valence-corrected chi connectivity index (χ2v) is 4.32. The van der Waals surface area contributed by atoms with Gasteiger partial charge in [-0.1, -0.05) is 30.3 Å². The molecule has 0 aliphatic rings. The van der Waals surface area contributed by atoms with E-state index in [1.165, 1.54) is 24.3 Å². The molecule has 0 heterocycles. The van der Waals surface area contributed by atoms with Crippen molar-refractivity contribution in [2.45, 2.75) is 12.6 Å². The van der Waals surface area contributed by atoms with Crippen molar-refractivity contribution in [2.24, 2.45) is 0 Å². The summed E-state index contributed by atoms with van der Waals surface area (Å²) in [6.07, 6.45) is -6.09. The molecule has 0 saturated carbocycles. The average Bonchev–Trinajstić information content (AvgIpc) is 2.38. The fourth-order valence-corrected chi connectivity index (χ4v) is 1.73. The first kappa shape index (κ1) is 14.9. The Kier molecular flexibility index (Phi) is 4.47. The van der Waals surface area contributed by atoms with Gasteiger partial charge in [-0.15, -0.1) is 0 Å². The third-order valence-electron chi connectivity index (χ3n) is 2.53. The monoisotopic (exact) mass is 295 g/mol. The maximum absolute atomic E-state index is 12.3. The Morgan fingerprint density at radius 3 is 2.43 bits per heavy atom. The van der Waals surface area contributed by atoms with E-state index in [0.717, 1.165) is 0 Å². The molecule has 0 aliphatic heterocycles. The van der Waals surface area contributed by atoms with Crippen LogP contribution in [0.1, 0.15) is 5.56 Å². The van der Waals surface area contributed by atoms with Gasteiger partial charge in [-0.25, -0.2) is 4.79 Å². The summed E-state index contributed by atoms with van der Waals surface area (Å²) in [5.41, 5.74) is 0.317. The summed E-state index contributed by atoms with van der Waals surface area (Å²) in [5, 5.41) is 2.39. The first-order valence-electron chi connectivity index (χ1n) is 6.12. The summed E-state index contributed by atoms with van der Waals surface area (Å²) in [6, 6.07) is 13.9. The largest absolute Gasteiger partial charge is 0.417 e. The van der Waals surface area contributed by atoms with E-state index < -0.39 is 18.7 Å². The average molecular weight is 295 g/mol. The van der Waals surface area contributed by atoms with Crippen molar-refractivity contribution in [3.63, 3.8) is 0 Å². The van der Waals surface area contributed by atoms with Gasteiger partial charge in [0.25, 0.3) is 0 Å². The van der Waals surface area contributed by atoms with Crippen molar-refractivity contribution in [2.75, 3.05) is 5.32 Å². The van der Waals surface area contributed by atoms with Gasteiger partial charge < -0.3 is 4.74 Å². The molecule has 3 nitrogen and oxygen atoms in total. The second-order valence-electron chi connectivity index (χ2n) is 4.32. The van der Waals surface area contributed by atoms with E-state index in [2.05, 4.69) is 5.32 Å². The van der Waals surface area contributed by atoms with Gasteiger partial charge in [-0.05, 0) is 29.8 Å². The van der Waals surface area contributed by atoms with Crippen LogP contribution in [0.25, 0.3) is 0 Å². The minimum atomic E-state index is -4.29. The summed E-state index contributed by atoms with van der Waals surface area (Å²) >= 11 is 0. The number of anilines is 1. The lowest BCUT2D eigenvalue weighted by molar-refractivity contribution is -0.127. The highest BCUT2D eigenvalue weighted by molar-refractivity contribution is 5.86. The van der Waals surface area contributed by atoms with E-state index in [4.69, 9.17) is 4.74 Å². The van der Waals surface area contributed by atoms with Gasteiger partial charge in [0.15, 0.2) is 0 Å². The summed E-state index contributed by atoms with van der Waals surface area (Å²) in [6.45, 7) is 0. The number of hydrogen-bond donors (Lipinski definition) is 1. The van der Waals surface area contributed by atoms with Crippen molar-refractivity contribution in [1.82, 2.24) is 0 Å². The highest BCUT2D eigenvalue weighted by Gasteiger charge is 2.27. The molecule has 0 aromatic heterocycles. The molecule has 110 valence electrons. The number of rotatable bonds is 3. The Bertz CT molecular complexity index is 612. The molecule has 0 aliphatic carbocycles. The van der Waals surface area contributed by atoms with E-state index >= 15 is 0 Å². The molecule has 0 radical (unpaired) electrons. The number of alkyl halides is 3. The molecular weight excluding hydrogens is 283 g/mol. The van der Waals surface area contributed by atoms with Crippen molar-refractivity contribution >= 4 is 11.8 Å². The number of benzene rings is 2. The Hall–Kier alpha value is -2.50. The Morgan fingerprint density at radius 1 is 1.05 bits per heavy atom. The van der Waals surface area contributed by atoms with E-state index in [0.29, 0.717) is 5.75 Å². The number of nitrogens with one attached hydrogen (secondary N) is 1. The smallest absolute Gasteiger partial charge is 0.410 e. The van der Waals surface area contributed by atoms with Crippen LogP contribution < -0.4 is 10.1 Å². The van der Waals surface area contributed by atoms with Crippen LogP contribution in [0.15, 0.2) is 54.6 Å². The maximum atomic E-state index is 12.3. The van der Waals surface area contributed by atoms with Crippen LogP contribution in [-0.2, 0) is 6.42 Å². The number of carbonyl (C=O) groups excluding carboxylic acids is 1. The fraction of sp³-hybridized carbons (Fsp3) is 0.133. The van der Waals surface area contributed by atoms with E-state index in [-0.39, 0.29) is 11.3 Å². The Labute approximate surface area is 119 Å². The van der Waals surface area contributed by atoms with Gasteiger partial charge >= 0.3 is 12.3 Å². The third kappa shape index (κ3) is 5.18. The van der Waals surface area contributed by atoms with Crippen LogP contribution >= 0.6 is 0 Å². The summed E-state index contributed by atoms with van der Waals surface area (Å²) in [4.78, 5) is 11.6. The predicted octanol–water partition coefficient (Wildman–Crippen LogP) is 4.40. The van der Waals surface area contributed by atoms with Gasteiger partial charge in [0.05, 0.1) is 6.42 Å². The van der Waals surface area contributed by atoms with Crippen LogP contribution in [0, 0.1) is 0 Å². The lowest BCUT2D eigenvalue weighted by Gasteiger charge is -2.09. The maximum Gasteiger partial charge on any atom is 0.417 e. The van der Waals surface area contributed by atoms with Gasteiger partial charge in [-0.2, -0.15) is 13.2 Å². The van der Waals surface area contributed by atoms with Gasteiger partial charge in [-0.3, -0.25) is 5.32 Å². The van der Waals surface area contributed by atoms with Gasteiger partial charge in [0.2, 0.25) is 0 Å². The minimum absolute atomic E-state index is 0.0695. The number of hydrogen-bond acceptors (Lipinski definition) is 2. The first-order valence-corrected chi connectivity index (χ1v) is 6.12. The predicted molar refractivity (Wildman–Crippen MR) is 72.3 cm³/mol. The van der Waals surface area contributed by atoms with Crippen molar-refractivity contribution < 1.29 is 22.7 Å². The zero-order valence-corrected chi connectivity index (χ0v) is 10.9. The third-order valence-corrected chi connectivity index (χ3v) is 2.53. The molecular formula is C15H12F3NO2. The molecule has 1 N–H and O–H groups in total. The summed E-state index contributed by atoms with van der Waals surface area (Å²) in [7, 11) is 0. The SMILES string of the molecule is O=C(Nc1cccc(CC(F)(F)F)c1)Oc1ccccc1. The number of carbonyl (C=O) groups is 1. The molecule has 0 fully saturated rings. The Morgan fingerprint density at radius 2 is 1.76 bits per heavy atom. The topological polar surface area (TPSA) is 38.3 Å². The number of para-hydroxylation sites is 1. The molecule has 0 bridgehead atoms. The van der Waals surface area contributed by atoms with Crippen LogP contribution in [0.5, 0.6) is 5.75 Å². The van der Waals surface area contributed by atoms with E-state index in [9.17, 15) is 18.0 Å². The van der Waals surface area contributed by atoms with Gasteiger partial charge in [0.1, 0.15) is 5.75 Å². The van der Waals surface area contributed by atoms with Crippen LogP contribution in [0.4, 0.5) is 23.7 Å². The molecule has 21 heavy (non-hydrogen) atoms. The molecule has 2 aromatic carbocycles. The highest BCUT2D eigenvalue weighted by atomic mass is 19.4. The fourth-order valence-electron chi connectivity index (χ4n) is 1.73. The molecule has 2 aromatic rings. The van der Waals surface area contributed by atoms with Crippen LogP contribution in [0.2, 0.25) is 0 Å². The number of ether oxygens (including phenoxy) is 1. The minimum Gasteiger partial charge on any atom is -0.410 e. The Balaban J connectivity index is 1.99. The quantitative estimate of drug-likeness (QED) is 0.911. The molecule has 2 rings (SSSR count). The first-order chi connectivity index (χ1) is 9.92. The van der Waals surface area contributed by atoms with Crippen LogP contribution in [-0.4, -0.2) is 12.3 Å². The van der Waals surface area contributed by atoms with E-state index in [1.807, 2.05) is 0 Å².